The molecule has 1 aromatic carbocycles. The van der Waals surface area contributed by atoms with Crippen molar-refractivity contribution < 1.29 is 5.11 Å². The van der Waals surface area contributed by atoms with Gasteiger partial charge in [-0.2, -0.15) is 0 Å². The maximum Gasteiger partial charge on any atom is 0.122 e. The van der Waals surface area contributed by atoms with Crippen LogP contribution in [-0.4, -0.2) is 23.6 Å². The van der Waals surface area contributed by atoms with E-state index in [-0.39, 0.29) is 5.41 Å². The summed E-state index contributed by atoms with van der Waals surface area (Å²) in [6.45, 7) is 10.4. The summed E-state index contributed by atoms with van der Waals surface area (Å²) in [7, 11) is 2.09. The Bertz CT molecular complexity index is 352. The van der Waals surface area contributed by atoms with E-state index in [1.54, 1.807) is 0 Å². The molecule has 0 heterocycles. The minimum atomic E-state index is 0.286. The summed E-state index contributed by atoms with van der Waals surface area (Å²) in [5, 5.41) is 9.92. The van der Waals surface area contributed by atoms with Gasteiger partial charge in [-0.3, -0.25) is 0 Å². The Hall–Kier alpha value is -1.02. The standard InChI is InChI=1S/C14H23NO/c1-11-7-6-8-12(13(11)16)9-15(5)10-14(2,3)4/h6-8,16H,9-10H2,1-5H3. The number of hydrogen-bond donors (Lipinski definition) is 1. The lowest BCUT2D eigenvalue weighted by atomic mass is 9.96. The summed E-state index contributed by atoms with van der Waals surface area (Å²) in [6.07, 6.45) is 0. The van der Waals surface area contributed by atoms with E-state index in [0.717, 1.165) is 24.2 Å². The summed E-state index contributed by atoms with van der Waals surface area (Å²) < 4.78 is 0. The predicted molar refractivity (Wildman–Crippen MR) is 68.6 cm³/mol. The number of aryl methyl sites for hydroxylation is 1. The molecule has 16 heavy (non-hydrogen) atoms. The first-order valence-corrected chi connectivity index (χ1v) is 5.75. The molecular weight excluding hydrogens is 198 g/mol. The van der Waals surface area contributed by atoms with Crippen molar-refractivity contribution in [3.63, 3.8) is 0 Å². The molecule has 0 aromatic heterocycles. The van der Waals surface area contributed by atoms with Crippen LogP contribution < -0.4 is 0 Å². The minimum absolute atomic E-state index is 0.286. The highest BCUT2D eigenvalue weighted by Gasteiger charge is 2.14. The molecule has 0 saturated carbocycles. The molecule has 0 radical (unpaired) electrons. The van der Waals surface area contributed by atoms with Crippen molar-refractivity contribution in [3.8, 4) is 5.75 Å². The Morgan fingerprint density at radius 2 is 1.88 bits per heavy atom. The third-order valence-electron chi connectivity index (χ3n) is 2.51. The monoisotopic (exact) mass is 221 g/mol. The summed E-state index contributed by atoms with van der Waals surface area (Å²) >= 11 is 0. The fourth-order valence-electron chi connectivity index (χ4n) is 2.00. The molecule has 1 rings (SSSR count). The summed E-state index contributed by atoms with van der Waals surface area (Å²) in [5.41, 5.74) is 2.24. The summed E-state index contributed by atoms with van der Waals surface area (Å²) in [4.78, 5) is 2.24. The molecular formula is C14H23NO. The molecule has 0 fully saturated rings. The molecule has 0 spiro atoms. The van der Waals surface area contributed by atoms with Gasteiger partial charge < -0.3 is 10.0 Å². The highest BCUT2D eigenvalue weighted by atomic mass is 16.3. The van der Waals surface area contributed by atoms with E-state index < -0.39 is 0 Å². The summed E-state index contributed by atoms with van der Waals surface area (Å²) in [6, 6.07) is 5.92. The minimum Gasteiger partial charge on any atom is -0.507 e. The molecule has 0 unspecified atom stereocenters. The first-order chi connectivity index (χ1) is 7.29. The van der Waals surface area contributed by atoms with Crippen LogP contribution in [0.1, 0.15) is 31.9 Å². The van der Waals surface area contributed by atoms with Crippen molar-refractivity contribution in [1.82, 2.24) is 4.90 Å². The van der Waals surface area contributed by atoms with E-state index in [4.69, 9.17) is 0 Å². The molecule has 0 saturated heterocycles. The second-order valence-corrected chi connectivity index (χ2v) is 5.82. The first-order valence-electron chi connectivity index (χ1n) is 5.75. The zero-order valence-electron chi connectivity index (χ0n) is 11.0. The number of rotatable bonds is 3. The molecule has 1 N–H and O–H groups in total. The van der Waals surface area contributed by atoms with Crippen molar-refractivity contribution in [2.75, 3.05) is 13.6 Å². The second-order valence-electron chi connectivity index (χ2n) is 5.82. The molecule has 1 aromatic rings. The lowest BCUT2D eigenvalue weighted by Crippen LogP contribution is -2.28. The molecule has 0 aliphatic carbocycles. The number of benzene rings is 1. The number of para-hydroxylation sites is 1. The number of nitrogens with zero attached hydrogens (tertiary/aromatic N) is 1. The number of aromatic hydroxyl groups is 1. The van der Waals surface area contributed by atoms with E-state index in [0.29, 0.717) is 5.75 Å². The van der Waals surface area contributed by atoms with Crippen LogP contribution >= 0.6 is 0 Å². The van der Waals surface area contributed by atoms with Gasteiger partial charge in [0.05, 0.1) is 0 Å². The molecule has 2 heteroatoms. The zero-order valence-corrected chi connectivity index (χ0v) is 11.0. The van der Waals surface area contributed by atoms with Crippen LogP contribution in [0.15, 0.2) is 18.2 Å². The van der Waals surface area contributed by atoms with Crippen molar-refractivity contribution >= 4 is 0 Å². The van der Waals surface area contributed by atoms with E-state index in [1.165, 1.54) is 0 Å². The number of phenolic OH excluding ortho intramolecular Hbond substituents is 1. The molecule has 0 bridgehead atoms. The Morgan fingerprint density at radius 3 is 2.44 bits per heavy atom. The Kier molecular flexibility index (Phi) is 3.98. The van der Waals surface area contributed by atoms with Crippen LogP contribution in [0.3, 0.4) is 0 Å². The lowest BCUT2D eigenvalue weighted by molar-refractivity contribution is 0.219. The third-order valence-corrected chi connectivity index (χ3v) is 2.51. The van der Waals surface area contributed by atoms with Crippen LogP contribution in [0, 0.1) is 12.3 Å². The van der Waals surface area contributed by atoms with Crippen molar-refractivity contribution in [2.24, 2.45) is 5.41 Å². The molecule has 2 nitrogen and oxygen atoms in total. The van der Waals surface area contributed by atoms with E-state index in [2.05, 4.69) is 32.7 Å². The molecule has 0 aliphatic rings. The van der Waals surface area contributed by atoms with Crippen molar-refractivity contribution in [1.29, 1.82) is 0 Å². The van der Waals surface area contributed by atoms with Crippen molar-refractivity contribution in [3.05, 3.63) is 29.3 Å². The van der Waals surface area contributed by atoms with Gasteiger partial charge in [-0.1, -0.05) is 39.0 Å². The van der Waals surface area contributed by atoms with E-state index in [1.807, 2.05) is 25.1 Å². The molecule has 0 atom stereocenters. The third kappa shape index (κ3) is 3.86. The largest absolute Gasteiger partial charge is 0.507 e. The Labute approximate surface area is 98.9 Å². The quantitative estimate of drug-likeness (QED) is 0.847. The SMILES string of the molecule is Cc1cccc(CN(C)CC(C)(C)C)c1O. The average molecular weight is 221 g/mol. The topological polar surface area (TPSA) is 23.5 Å². The van der Waals surface area contributed by atoms with Gasteiger partial charge in [0.25, 0.3) is 0 Å². The van der Waals surface area contributed by atoms with Crippen molar-refractivity contribution in [2.45, 2.75) is 34.2 Å². The molecule has 90 valence electrons. The number of phenols is 1. The Morgan fingerprint density at radius 1 is 1.25 bits per heavy atom. The fraction of sp³-hybridized carbons (Fsp3) is 0.571. The van der Waals surface area contributed by atoms with E-state index >= 15 is 0 Å². The zero-order chi connectivity index (χ0) is 12.3. The van der Waals surface area contributed by atoms with Gasteiger partial charge in [-0.15, -0.1) is 0 Å². The van der Waals surface area contributed by atoms with Gasteiger partial charge >= 0.3 is 0 Å². The average Bonchev–Trinajstić information content (AvgIpc) is 2.09. The van der Waals surface area contributed by atoms with Gasteiger partial charge in [-0.25, -0.2) is 0 Å². The van der Waals surface area contributed by atoms with Crippen LogP contribution in [0.2, 0.25) is 0 Å². The highest BCUT2D eigenvalue weighted by Crippen LogP contribution is 2.23. The maximum atomic E-state index is 9.92. The first kappa shape index (κ1) is 13.0. The van der Waals surface area contributed by atoms with Crippen LogP contribution in [0.25, 0.3) is 0 Å². The fourth-order valence-corrected chi connectivity index (χ4v) is 2.00. The van der Waals surface area contributed by atoms with Crippen LogP contribution in [0.5, 0.6) is 5.75 Å². The number of hydrogen-bond acceptors (Lipinski definition) is 2. The summed E-state index contributed by atoms with van der Waals surface area (Å²) in [5.74, 6) is 0.434. The van der Waals surface area contributed by atoms with Crippen LogP contribution in [0.4, 0.5) is 0 Å². The van der Waals surface area contributed by atoms with Gasteiger partial charge in [0.1, 0.15) is 5.75 Å². The van der Waals surface area contributed by atoms with Crippen LogP contribution in [-0.2, 0) is 6.54 Å². The maximum absolute atomic E-state index is 9.92. The van der Waals surface area contributed by atoms with Gasteiger partial charge in [0.2, 0.25) is 0 Å². The lowest BCUT2D eigenvalue weighted by Gasteiger charge is -2.26. The smallest absolute Gasteiger partial charge is 0.122 e. The van der Waals surface area contributed by atoms with Gasteiger partial charge in [-0.05, 0) is 24.9 Å². The predicted octanol–water partition coefficient (Wildman–Crippen LogP) is 3.18. The van der Waals surface area contributed by atoms with Gasteiger partial charge in [0, 0.05) is 18.7 Å². The molecule has 0 amide bonds. The Balaban J connectivity index is 2.70. The molecule has 0 aliphatic heterocycles. The van der Waals surface area contributed by atoms with Gasteiger partial charge in [0.15, 0.2) is 0 Å². The highest BCUT2D eigenvalue weighted by molar-refractivity contribution is 5.39. The normalized spacial score (nSPS) is 12.1. The van der Waals surface area contributed by atoms with E-state index in [9.17, 15) is 5.11 Å². The second kappa shape index (κ2) is 4.88.